The molecule has 0 fully saturated rings. The molecule has 1 aromatic heterocycles. The van der Waals surface area contributed by atoms with Gasteiger partial charge in [-0.05, 0) is 31.0 Å². The van der Waals surface area contributed by atoms with E-state index in [1.807, 2.05) is 12.1 Å². The van der Waals surface area contributed by atoms with E-state index in [0.717, 1.165) is 17.0 Å². The molecule has 4 heteroatoms. The molecule has 0 aliphatic carbocycles. The van der Waals surface area contributed by atoms with Gasteiger partial charge in [-0.25, -0.2) is 4.98 Å². The number of aliphatic hydroxyl groups is 2. The Morgan fingerprint density at radius 2 is 2.20 bits per heavy atom. The average Bonchev–Trinajstić information content (AvgIpc) is 2.18. The number of thioether (sulfide) groups is 1. The summed E-state index contributed by atoms with van der Waals surface area (Å²) in [6, 6.07) is 3.70. The molecule has 0 aliphatic heterocycles. The molecular formula is C11H17NO2S. The molecular weight excluding hydrogens is 210 g/mol. The number of rotatable bonds is 5. The lowest BCUT2D eigenvalue weighted by Gasteiger charge is -2.10. The molecule has 0 radical (unpaired) electrons. The fraction of sp³-hybridized carbons (Fsp3) is 0.545. The minimum absolute atomic E-state index is 0.199. The monoisotopic (exact) mass is 227 g/mol. The molecule has 15 heavy (non-hydrogen) atoms. The molecule has 0 aromatic carbocycles. The van der Waals surface area contributed by atoms with E-state index >= 15 is 0 Å². The second-order valence-electron chi connectivity index (χ2n) is 3.54. The summed E-state index contributed by atoms with van der Waals surface area (Å²) in [7, 11) is 0. The van der Waals surface area contributed by atoms with Crippen molar-refractivity contribution in [3.63, 3.8) is 0 Å². The zero-order valence-electron chi connectivity index (χ0n) is 9.05. The minimum Gasteiger partial charge on any atom is -0.396 e. The molecule has 1 unspecified atom stereocenters. The maximum atomic E-state index is 9.41. The van der Waals surface area contributed by atoms with E-state index in [9.17, 15) is 5.11 Å². The van der Waals surface area contributed by atoms with Crippen molar-refractivity contribution in [1.82, 2.24) is 4.98 Å². The number of hydrogen-bond acceptors (Lipinski definition) is 4. The highest BCUT2D eigenvalue weighted by molar-refractivity contribution is 7.99. The molecule has 0 saturated carbocycles. The van der Waals surface area contributed by atoms with Crippen molar-refractivity contribution in [2.24, 2.45) is 0 Å². The van der Waals surface area contributed by atoms with Crippen LogP contribution in [0, 0.1) is 0 Å². The number of nitrogens with zero attached hydrogens (tertiary/aromatic N) is 1. The van der Waals surface area contributed by atoms with Crippen molar-refractivity contribution in [1.29, 1.82) is 0 Å². The normalized spacial score (nSPS) is 14.9. The largest absolute Gasteiger partial charge is 0.396 e. The lowest BCUT2D eigenvalue weighted by atomic mass is 10.2. The van der Waals surface area contributed by atoms with Gasteiger partial charge < -0.3 is 10.2 Å². The Bertz CT molecular complexity index is 304. The van der Waals surface area contributed by atoms with Crippen LogP contribution >= 0.6 is 11.8 Å². The van der Waals surface area contributed by atoms with Crippen LogP contribution in [-0.4, -0.2) is 27.1 Å². The van der Waals surface area contributed by atoms with Crippen LogP contribution in [-0.2, 0) is 0 Å². The number of pyridine rings is 1. The van der Waals surface area contributed by atoms with Gasteiger partial charge in [0.2, 0.25) is 0 Å². The molecule has 1 rings (SSSR count). The number of aliphatic hydroxyl groups excluding tert-OH is 2. The average molecular weight is 227 g/mol. The Balaban J connectivity index is 2.65. The second kappa shape index (κ2) is 6.10. The van der Waals surface area contributed by atoms with Gasteiger partial charge >= 0.3 is 0 Å². The minimum atomic E-state index is -0.458. The Morgan fingerprint density at radius 1 is 1.47 bits per heavy atom. The van der Waals surface area contributed by atoms with E-state index in [0.29, 0.717) is 5.25 Å². The highest BCUT2D eigenvalue weighted by Crippen LogP contribution is 2.25. The fourth-order valence-corrected chi connectivity index (χ4v) is 2.16. The van der Waals surface area contributed by atoms with Gasteiger partial charge in [-0.1, -0.05) is 6.92 Å². The molecule has 2 atom stereocenters. The smallest absolute Gasteiger partial charge is 0.0966 e. The van der Waals surface area contributed by atoms with E-state index in [4.69, 9.17) is 5.11 Å². The number of aromatic nitrogens is 1. The van der Waals surface area contributed by atoms with Gasteiger partial charge in [0.05, 0.1) is 11.1 Å². The van der Waals surface area contributed by atoms with Gasteiger partial charge in [-0.15, -0.1) is 11.8 Å². The predicted octanol–water partition coefficient (Wildman–Crippen LogP) is 2.00. The zero-order chi connectivity index (χ0) is 11.3. The Hall–Kier alpha value is -0.580. The summed E-state index contributed by atoms with van der Waals surface area (Å²) >= 11 is 1.62. The fourth-order valence-electron chi connectivity index (χ4n) is 1.20. The first-order valence-corrected chi connectivity index (χ1v) is 5.93. The molecule has 2 N–H and O–H groups in total. The molecule has 0 bridgehead atoms. The SMILES string of the molecule is CC(CCO)Sc1cc([C@H](C)O)ccn1. The van der Waals surface area contributed by atoms with E-state index in [1.165, 1.54) is 0 Å². The van der Waals surface area contributed by atoms with Crippen molar-refractivity contribution < 1.29 is 10.2 Å². The molecule has 0 spiro atoms. The van der Waals surface area contributed by atoms with Crippen molar-refractivity contribution in [2.45, 2.75) is 36.6 Å². The lowest BCUT2D eigenvalue weighted by molar-refractivity contribution is 0.199. The van der Waals surface area contributed by atoms with Crippen LogP contribution < -0.4 is 0 Å². The van der Waals surface area contributed by atoms with Gasteiger partial charge in [0.15, 0.2) is 0 Å². The predicted molar refractivity (Wildman–Crippen MR) is 61.9 cm³/mol. The standard InChI is InChI=1S/C11H17NO2S/c1-8(4-6-13)15-11-7-10(9(2)14)3-5-12-11/h3,5,7-9,13-14H,4,6H2,1-2H3/t8?,9-/m0/s1. The third-order valence-electron chi connectivity index (χ3n) is 2.10. The van der Waals surface area contributed by atoms with Crippen LogP contribution in [0.1, 0.15) is 31.9 Å². The number of hydrogen-bond donors (Lipinski definition) is 2. The van der Waals surface area contributed by atoms with Gasteiger partial charge in [-0.3, -0.25) is 0 Å². The Kier molecular flexibility index (Phi) is 5.08. The molecule has 1 aromatic rings. The highest BCUT2D eigenvalue weighted by Gasteiger charge is 2.07. The van der Waals surface area contributed by atoms with Crippen molar-refractivity contribution in [3.05, 3.63) is 23.9 Å². The quantitative estimate of drug-likeness (QED) is 0.755. The van der Waals surface area contributed by atoms with Gasteiger partial charge in [0, 0.05) is 18.1 Å². The third-order valence-corrected chi connectivity index (χ3v) is 3.20. The van der Waals surface area contributed by atoms with E-state index in [-0.39, 0.29) is 6.61 Å². The Morgan fingerprint density at radius 3 is 2.80 bits per heavy atom. The Labute approximate surface area is 94.6 Å². The molecule has 1 heterocycles. The third kappa shape index (κ3) is 4.20. The van der Waals surface area contributed by atoms with Crippen LogP contribution in [0.4, 0.5) is 0 Å². The van der Waals surface area contributed by atoms with E-state index < -0.39 is 6.10 Å². The summed E-state index contributed by atoms with van der Waals surface area (Å²) in [5, 5.41) is 19.4. The van der Waals surface area contributed by atoms with Crippen molar-refractivity contribution in [2.75, 3.05) is 6.61 Å². The lowest BCUT2D eigenvalue weighted by Crippen LogP contribution is -2.00. The first-order chi connectivity index (χ1) is 7.13. The molecule has 0 saturated heterocycles. The maximum absolute atomic E-state index is 9.41. The second-order valence-corrected chi connectivity index (χ2v) is 5.00. The zero-order valence-corrected chi connectivity index (χ0v) is 9.87. The summed E-state index contributed by atoms with van der Waals surface area (Å²) in [6.45, 7) is 3.99. The van der Waals surface area contributed by atoms with Gasteiger partial charge in [0.1, 0.15) is 0 Å². The van der Waals surface area contributed by atoms with Crippen molar-refractivity contribution >= 4 is 11.8 Å². The van der Waals surface area contributed by atoms with E-state index in [2.05, 4.69) is 11.9 Å². The molecule has 0 amide bonds. The van der Waals surface area contributed by atoms with Crippen LogP contribution in [0.3, 0.4) is 0 Å². The van der Waals surface area contributed by atoms with Gasteiger partial charge in [-0.2, -0.15) is 0 Å². The molecule has 0 aliphatic rings. The van der Waals surface area contributed by atoms with Crippen LogP contribution in [0.5, 0.6) is 0 Å². The van der Waals surface area contributed by atoms with Crippen LogP contribution in [0.15, 0.2) is 23.4 Å². The summed E-state index contributed by atoms with van der Waals surface area (Å²) in [4.78, 5) is 4.21. The first-order valence-electron chi connectivity index (χ1n) is 5.05. The molecule has 3 nitrogen and oxygen atoms in total. The summed E-state index contributed by atoms with van der Waals surface area (Å²) in [5.41, 5.74) is 0.878. The topological polar surface area (TPSA) is 53.4 Å². The summed E-state index contributed by atoms with van der Waals surface area (Å²) < 4.78 is 0. The highest BCUT2D eigenvalue weighted by atomic mass is 32.2. The molecule has 84 valence electrons. The van der Waals surface area contributed by atoms with Crippen molar-refractivity contribution in [3.8, 4) is 0 Å². The summed E-state index contributed by atoms with van der Waals surface area (Å²) in [6.07, 6.45) is 2.00. The summed E-state index contributed by atoms with van der Waals surface area (Å²) in [5.74, 6) is 0. The maximum Gasteiger partial charge on any atom is 0.0966 e. The van der Waals surface area contributed by atoms with E-state index in [1.54, 1.807) is 24.9 Å². The first kappa shape index (κ1) is 12.5. The van der Waals surface area contributed by atoms with Gasteiger partial charge in [0.25, 0.3) is 0 Å². The van der Waals surface area contributed by atoms with Crippen LogP contribution in [0.2, 0.25) is 0 Å². The van der Waals surface area contributed by atoms with Crippen LogP contribution in [0.25, 0.3) is 0 Å².